The van der Waals surface area contributed by atoms with E-state index in [-0.39, 0.29) is 49.6 Å². The first-order valence-corrected chi connectivity index (χ1v) is 18.2. The molecule has 0 saturated heterocycles. The van der Waals surface area contributed by atoms with Crippen molar-refractivity contribution in [3.63, 3.8) is 0 Å². The van der Waals surface area contributed by atoms with Crippen LogP contribution in [0.15, 0.2) is 48.5 Å². The smallest absolute Gasteiger partial charge is 0.308 e. The molecule has 8 heteroatoms. The van der Waals surface area contributed by atoms with Crippen LogP contribution in [-0.4, -0.2) is 47.5 Å². The molecular formula is C38H52O6S2. The predicted octanol–water partition coefficient (Wildman–Crippen LogP) is 8.18. The summed E-state index contributed by atoms with van der Waals surface area (Å²) in [5.41, 5.74) is 2.38. The highest BCUT2D eigenvalue weighted by atomic mass is 32.2. The Morgan fingerprint density at radius 1 is 0.717 bits per heavy atom. The van der Waals surface area contributed by atoms with Gasteiger partial charge < -0.3 is 9.47 Å². The Morgan fingerprint density at radius 3 is 1.65 bits per heavy atom. The van der Waals surface area contributed by atoms with Gasteiger partial charge >= 0.3 is 5.97 Å². The fourth-order valence-corrected chi connectivity index (χ4v) is 9.81. The molecule has 0 spiro atoms. The molecule has 5 fully saturated rings. The lowest BCUT2D eigenvalue weighted by atomic mass is 9.58. The number of ketones is 2. The maximum absolute atomic E-state index is 13.1. The van der Waals surface area contributed by atoms with Crippen molar-refractivity contribution in [2.75, 3.05) is 19.6 Å². The zero-order valence-corrected chi connectivity index (χ0v) is 28.0. The van der Waals surface area contributed by atoms with Crippen LogP contribution in [0.3, 0.4) is 0 Å². The zero-order chi connectivity index (χ0) is 31.5. The molecular weight excluding hydrogens is 617 g/mol. The number of carbonyl (C=O) groups excluding carboxylic acids is 4. The number of Topliss-reactive ketones (excluding diaryl/α,β-unsaturated/α-hetero) is 2. The molecule has 0 heterocycles. The van der Waals surface area contributed by atoms with Gasteiger partial charge in [-0.15, -0.1) is 0 Å². The molecule has 9 unspecified atom stereocenters. The Bertz CT molecular complexity index is 1360. The number of benzene rings is 2. The minimum absolute atomic E-state index is 0. The van der Waals surface area contributed by atoms with Gasteiger partial charge in [0.15, 0.2) is 5.12 Å². The third-order valence-electron chi connectivity index (χ3n) is 10.5. The number of esters is 1. The van der Waals surface area contributed by atoms with Crippen molar-refractivity contribution in [3.8, 4) is 11.5 Å². The summed E-state index contributed by atoms with van der Waals surface area (Å²) in [6.07, 6.45) is 10.7. The van der Waals surface area contributed by atoms with Gasteiger partial charge in [0, 0.05) is 42.8 Å². The molecule has 0 aliphatic heterocycles. The molecule has 7 rings (SSSR count). The predicted molar refractivity (Wildman–Crippen MR) is 190 cm³/mol. The number of carbonyl (C=O) groups is 4. The lowest BCUT2D eigenvalue weighted by molar-refractivity contribution is -0.151. The van der Waals surface area contributed by atoms with Crippen molar-refractivity contribution in [2.45, 2.75) is 72.5 Å². The summed E-state index contributed by atoms with van der Waals surface area (Å²) in [6.45, 7) is 2.94. The summed E-state index contributed by atoms with van der Waals surface area (Å²) in [4.78, 5) is 46.8. The van der Waals surface area contributed by atoms with E-state index in [4.69, 9.17) is 9.47 Å². The van der Waals surface area contributed by atoms with Gasteiger partial charge in [-0.3, -0.25) is 19.2 Å². The first-order chi connectivity index (χ1) is 21.1. The molecule has 5 saturated carbocycles. The van der Waals surface area contributed by atoms with Gasteiger partial charge in [0.25, 0.3) is 0 Å². The van der Waals surface area contributed by atoms with Crippen molar-refractivity contribution in [2.24, 2.45) is 47.3 Å². The molecule has 9 atom stereocenters. The second-order valence-corrected chi connectivity index (χ2v) is 14.9. The minimum atomic E-state index is -0.303. The summed E-state index contributed by atoms with van der Waals surface area (Å²) in [5.74, 6) is 4.93. The summed E-state index contributed by atoms with van der Waals surface area (Å²) in [5, 5.41) is 0.818. The fourth-order valence-electron chi connectivity index (χ4n) is 8.74. The topological polar surface area (TPSA) is 86.7 Å². The summed E-state index contributed by atoms with van der Waals surface area (Å²) < 4.78 is 10.1. The van der Waals surface area contributed by atoms with Crippen molar-refractivity contribution < 1.29 is 28.7 Å². The lowest BCUT2D eigenvalue weighted by Gasteiger charge is -2.44. The van der Waals surface area contributed by atoms with Crippen LogP contribution in [0.25, 0.3) is 0 Å². The number of hydrogen-bond acceptors (Lipinski definition) is 8. The minimum Gasteiger partial charge on any atom is -0.497 e. The average molecular weight is 669 g/mol. The van der Waals surface area contributed by atoms with E-state index in [2.05, 4.69) is 6.26 Å². The Morgan fingerprint density at radius 2 is 1.20 bits per heavy atom. The van der Waals surface area contributed by atoms with E-state index in [1.807, 2.05) is 48.2 Å². The highest BCUT2D eigenvalue weighted by Gasteiger charge is 2.67. The number of ether oxygens (including phenoxy) is 2. The molecule has 0 N–H and O–H groups in total. The van der Waals surface area contributed by atoms with Crippen LogP contribution in [0, 0.1) is 47.3 Å². The zero-order valence-electron chi connectivity index (χ0n) is 26.3. The van der Waals surface area contributed by atoms with Gasteiger partial charge in [0.2, 0.25) is 0 Å². The second-order valence-electron chi connectivity index (χ2n) is 12.9. The third-order valence-corrected chi connectivity index (χ3v) is 12.2. The van der Waals surface area contributed by atoms with Gasteiger partial charge in [0.05, 0.1) is 7.11 Å². The van der Waals surface area contributed by atoms with E-state index < -0.39 is 0 Å². The maximum atomic E-state index is 13.1. The number of thioether (sulfide) groups is 2. The highest BCUT2D eigenvalue weighted by Crippen LogP contribution is 2.64. The van der Waals surface area contributed by atoms with E-state index >= 15 is 0 Å². The van der Waals surface area contributed by atoms with Crippen LogP contribution in [0.2, 0.25) is 0 Å². The Balaban J connectivity index is 0.000000211. The van der Waals surface area contributed by atoms with Crippen molar-refractivity contribution in [1.82, 2.24) is 0 Å². The molecule has 4 bridgehead atoms. The van der Waals surface area contributed by atoms with Crippen LogP contribution < -0.4 is 9.47 Å². The van der Waals surface area contributed by atoms with Crippen LogP contribution in [0.1, 0.15) is 71.9 Å². The SMILES string of the molecule is C.C.COc1ccc(Cc2ccc(OC(C)=O)cc2)cc1.CSC(C)=O.CSC1CC2CC1C1C(=O)C3C4CCC(C4)C3C(=O)C21. The highest BCUT2D eigenvalue weighted by molar-refractivity contribution is 8.12. The summed E-state index contributed by atoms with van der Waals surface area (Å²) >= 11 is 3.17. The van der Waals surface area contributed by atoms with E-state index in [0.29, 0.717) is 46.2 Å². The third kappa shape index (κ3) is 7.92. The Hall–Kier alpha value is -2.58. The molecule has 0 radical (unpaired) electrons. The standard InChI is InChI=1S/C17H22O2S.C16H16O3.C3H6OS.2CH4/c1-20-11-6-9-5-10(11)15-14(9)16(18)12-7-2-3-8(4-7)13(12)17(15)19;1-12(17)19-16-9-5-14(6-10-16)11-13-3-7-15(18-2)8-4-13;1-3(4)5-2;;/h7-15H,2-6H2,1H3;3-10H,11H2,1-2H3;1-2H3;2*1H4. The van der Waals surface area contributed by atoms with Crippen LogP contribution >= 0.6 is 23.5 Å². The molecule has 0 amide bonds. The quantitative estimate of drug-likeness (QED) is 0.233. The monoisotopic (exact) mass is 668 g/mol. The normalized spacial score (nSPS) is 30.7. The molecule has 6 nitrogen and oxygen atoms in total. The maximum Gasteiger partial charge on any atom is 0.308 e. The first-order valence-electron chi connectivity index (χ1n) is 15.7. The summed E-state index contributed by atoms with van der Waals surface area (Å²) in [7, 11) is 1.66. The number of rotatable bonds is 5. The molecule has 2 aromatic carbocycles. The van der Waals surface area contributed by atoms with Crippen LogP contribution in [0.4, 0.5) is 0 Å². The van der Waals surface area contributed by atoms with Gasteiger partial charge in [-0.25, -0.2) is 0 Å². The van der Waals surface area contributed by atoms with Crippen LogP contribution in [-0.2, 0) is 25.6 Å². The van der Waals surface area contributed by atoms with E-state index in [1.165, 1.54) is 55.5 Å². The van der Waals surface area contributed by atoms with E-state index in [0.717, 1.165) is 18.6 Å². The first kappa shape index (κ1) is 37.9. The van der Waals surface area contributed by atoms with Crippen molar-refractivity contribution in [1.29, 1.82) is 0 Å². The average Bonchev–Trinajstić information content (AvgIpc) is 3.82. The Kier molecular flexibility index (Phi) is 13.6. The molecule has 2 aromatic rings. The van der Waals surface area contributed by atoms with Crippen molar-refractivity contribution >= 4 is 46.2 Å². The molecule has 0 aromatic heterocycles. The van der Waals surface area contributed by atoms with Crippen LogP contribution in [0.5, 0.6) is 11.5 Å². The summed E-state index contributed by atoms with van der Waals surface area (Å²) in [6, 6.07) is 15.5. The van der Waals surface area contributed by atoms with E-state index in [9.17, 15) is 19.2 Å². The number of hydrogen-bond donors (Lipinski definition) is 0. The van der Waals surface area contributed by atoms with Gasteiger partial charge in [-0.2, -0.15) is 11.8 Å². The largest absolute Gasteiger partial charge is 0.497 e. The van der Waals surface area contributed by atoms with Gasteiger partial charge in [0.1, 0.15) is 23.1 Å². The van der Waals surface area contributed by atoms with E-state index in [1.54, 1.807) is 32.4 Å². The van der Waals surface area contributed by atoms with Crippen molar-refractivity contribution in [3.05, 3.63) is 59.7 Å². The van der Waals surface area contributed by atoms with Gasteiger partial charge in [-0.1, -0.05) is 50.9 Å². The van der Waals surface area contributed by atoms with Gasteiger partial charge in [-0.05, 0) is 110 Å². The fraction of sp³-hybridized carbons (Fsp3) is 0.579. The second kappa shape index (κ2) is 16.5. The number of fused-ring (bicyclic) bond motifs is 10. The number of methoxy groups -OCH3 is 1. The molecule has 5 aliphatic carbocycles. The molecule has 5 aliphatic rings. The lowest BCUT2D eigenvalue weighted by Crippen LogP contribution is -2.53. The molecule has 46 heavy (non-hydrogen) atoms. The molecule has 252 valence electrons. The Labute approximate surface area is 284 Å².